The summed E-state index contributed by atoms with van der Waals surface area (Å²) in [6.07, 6.45) is 4.58. The van der Waals surface area contributed by atoms with E-state index >= 15 is 4.39 Å². The maximum Gasteiger partial charge on any atom is 0.407 e. The van der Waals surface area contributed by atoms with Crippen LogP contribution in [0.3, 0.4) is 0 Å². The van der Waals surface area contributed by atoms with Crippen molar-refractivity contribution in [1.82, 2.24) is 19.9 Å². The topological polar surface area (TPSA) is 117 Å². The van der Waals surface area contributed by atoms with Crippen molar-refractivity contribution in [2.45, 2.75) is 122 Å². The van der Waals surface area contributed by atoms with E-state index in [9.17, 15) is 9.59 Å². The Labute approximate surface area is 304 Å². The van der Waals surface area contributed by atoms with Gasteiger partial charge in [0.15, 0.2) is 5.65 Å². The van der Waals surface area contributed by atoms with E-state index in [1.807, 2.05) is 22.8 Å². The number of anilines is 1. The summed E-state index contributed by atoms with van der Waals surface area (Å²) in [5.74, 6) is -0.531. The van der Waals surface area contributed by atoms with Crippen LogP contribution in [0.2, 0.25) is 5.02 Å². The van der Waals surface area contributed by atoms with E-state index in [2.05, 4.69) is 22.3 Å². The number of halogens is 2. The Morgan fingerprint density at radius 2 is 1.69 bits per heavy atom. The number of aromatic nitrogens is 3. The van der Waals surface area contributed by atoms with Crippen LogP contribution in [0.15, 0.2) is 30.3 Å². The van der Waals surface area contributed by atoms with Gasteiger partial charge in [-0.2, -0.15) is 4.98 Å². The highest BCUT2D eigenvalue weighted by Crippen LogP contribution is 2.47. The SMILES string of the molecule is COC(=O)NC1CCN(c2ccc(-c3nc4c(cc3Cl)nc(OC3CCC(F)(C(C)(C)C(=O)OC(C)(C)C)CC3)n4C3CCCCO3)cc2)CC1. The first-order chi connectivity index (χ1) is 24.2. The number of hydrogen-bond acceptors (Lipinski definition) is 9. The fourth-order valence-corrected chi connectivity index (χ4v) is 7.57. The molecular weight excluding hydrogens is 677 g/mol. The molecule has 2 aliphatic heterocycles. The monoisotopic (exact) mass is 727 g/mol. The van der Waals surface area contributed by atoms with Crippen LogP contribution in [0.25, 0.3) is 22.4 Å². The molecule has 1 N–H and O–H groups in total. The van der Waals surface area contributed by atoms with Crippen molar-refractivity contribution in [2.24, 2.45) is 5.41 Å². The van der Waals surface area contributed by atoms with E-state index in [1.165, 1.54) is 7.11 Å². The molecule has 0 bridgehead atoms. The number of benzene rings is 1. The molecule has 0 spiro atoms. The third-order valence-electron chi connectivity index (χ3n) is 10.6. The lowest BCUT2D eigenvalue weighted by Gasteiger charge is -2.43. The molecule has 1 atom stereocenters. The molecule has 2 aromatic heterocycles. The second kappa shape index (κ2) is 14.8. The van der Waals surface area contributed by atoms with Gasteiger partial charge < -0.3 is 29.2 Å². The van der Waals surface area contributed by atoms with Crippen LogP contribution in [0.1, 0.15) is 98.6 Å². The van der Waals surface area contributed by atoms with Crippen LogP contribution in [0.4, 0.5) is 14.9 Å². The number of amides is 1. The van der Waals surface area contributed by atoms with E-state index in [4.69, 9.17) is 40.5 Å². The fraction of sp³-hybridized carbons (Fsp3) is 0.632. The standard InChI is InChI=1S/C38H51ClFN5O6/c1-36(2,3)51-33(46)37(4,5)38(40)18-14-27(15-19-38)50-34-42-29-23-28(39)31(43-32(29)45(34)30-9-7-8-22-49-30)24-10-12-26(13-11-24)44-20-16-25(17-21-44)41-35(47)48-6/h10-13,23,25,27,30H,7-9,14-22H2,1-6H3,(H,41,47). The summed E-state index contributed by atoms with van der Waals surface area (Å²) < 4.78 is 41.5. The molecule has 4 heterocycles. The Morgan fingerprint density at radius 1 is 1.00 bits per heavy atom. The van der Waals surface area contributed by atoms with Crippen LogP contribution in [0.5, 0.6) is 6.01 Å². The second-order valence-corrected chi connectivity index (χ2v) is 16.0. The molecule has 13 heteroatoms. The number of imidazole rings is 1. The summed E-state index contributed by atoms with van der Waals surface area (Å²) in [7, 11) is 1.38. The van der Waals surface area contributed by atoms with Crippen LogP contribution >= 0.6 is 11.6 Å². The van der Waals surface area contributed by atoms with Gasteiger partial charge in [-0.1, -0.05) is 23.7 Å². The first kappa shape index (κ1) is 37.1. The largest absolute Gasteiger partial charge is 0.461 e. The van der Waals surface area contributed by atoms with Crippen molar-refractivity contribution < 1.29 is 32.9 Å². The number of piperidine rings is 1. The van der Waals surface area contributed by atoms with Gasteiger partial charge in [0, 0.05) is 37.0 Å². The number of fused-ring (bicyclic) bond motifs is 1. The molecule has 51 heavy (non-hydrogen) atoms. The molecule has 0 radical (unpaired) electrons. The Bertz CT molecular complexity index is 1700. The highest BCUT2D eigenvalue weighted by molar-refractivity contribution is 6.33. The summed E-state index contributed by atoms with van der Waals surface area (Å²) in [6, 6.07) is 10.5. The van der Waals surface area contributed by atoms with E-state index in [0.29, 0.717) is 47.3 Å². The Balaban J connectivity index is 1.20. The molecule has 1 aromatic carbocycles. The van der Waals surface area contributed by atoms with Crippen LogP contribution in [-0.2, 0) is 19.0 Å². The zero-order valence-corrected chi connectivity index (χ0v) is 31.4. The van der Waals surface area contributed by atoms with Gasteiger partial charge in [-0.25, -0.2) is 14.2 Å². The minimum atomic E-state index is -1.72. The molecule has 11 nitrogen and oxygen atoms in total. The summed E-state index contributed by atoms with van der Waals surface area (Å²) in [4.78, 5) is 36.8. The number of hydrogen-bond donors (Lipinski definition) is 1. The number of carbonyl (C=O) groups is 2. The van der Waals surface area contributed by atoms with Gasteiger partial charge in [-0.3, -0.25) is 9.36 Å². The minimum absolute atomic E-state index is 0.0984. The second-order valence-electron chi connectivity index (χ2n) is 15.6. The summed E-state index contributed by atoms with van der Waals surface area (Å²) in [5.41, 5.74) is 0.0650. The van der Waals surface area contributed by atoms with Crippen molar-refractivity contribution in [1.29, 1.82) is 0 Å². The van der Waals surface area contributed by atoms with Crippen molar-refractivity contribution >= 4 is 40.5 Å². The van der Waals surface area contributed by atoms with Crippen LogP contribution < -0.4 is 15.0 Å². The molecule has 3 aliphatic rings. The smallest absolute Gasteiger partial charge is 0.407 e. The number of carbonyl (C=O) groups excluding carboxylic acids is 2. The van der Waals surface area contributed by atoms with Crippen LogP contribution in [-0.4, -0.2) is 76.8 Å². The average Bonchev–Trinajstić information content (AvgIpc) is 3.45. The molecule has 1 aliphatic carbocycles. The zero-order chi connectivity index (χ0) is 36.6. The van der Waals surface area contributed by atoms with E-state index < -0.39 is 28.7 Å². The number of methoxy groups -OCH3 is 1. The lowest BCUT2D eigenvalue weighted by Crippen LogP contribution is -2.51. The highest BCUT2D eigenvalue weighted by Gasteiger charge is 2.54. The van der Waals surface area contributed by atoms with Gasteiger partial charge in [0.1, 0.15) is 29.1 Å². The Morgan fingerprint density at radius 3 is 2.29 bits per heavy atom. The molecule has 3 fully saturated rings. The third-order valence-corrected chi connectivity index (χ3v) is 10.9. The predicted octanol–water partition coefficient (Wildman–Crippen LogP) is 8.17. The van der Waals surface area contributed by atoms with E-state index in [1.54, 1.807) is 34.6 Å². The molecule has 1 saturated carbocycles. The minimum Gasteiger partial charge on any atom is -0.461 e. The number of nitrogens with one attached hydrogen (secondary N) is 1. The first-order valence-electron chi connectivity index (χ1n) is 18.2. The number of nitrogens with zero attached hydrogens (tertiary/aromatic N) is 4. The predicted molar refractivity (Wildman–Crippen MR) is 194 cm³/mol. The average molecular weight is 728 g/mol. The fourth-order valence-electron chi connectivity index (χ4n) is 7.32. The number of ether oxygens (including phenoxy) is 4. The van der Waals surface area contributed by atoms with E-state index in [0.717, 1.165) is 56.4 Å². The number of esters is 1. The molecule has 6 rings (SSSR count). The van der Waals surface area contributed by atoms with Crippen molar-refractivity contribution in [3.63, 3.8) is 0 Å². The lowest BCUT2D eigenvalue weighted by atomic mass is 9.68. The third kappa shape index (κ3) is 8.06. The normalized spacial score (nSPS) is 23.6. The molecule has 1 amide bonds. The number of pyridine rings is 1. The maximum atomic E-state index is 16.4. The van der Waals surface area contributed by atoms with Gasteiger partial charge in [-0.05, 0) is 111 Å². The quantitative estimate of drug-likeness (QED) is 0.229. The summed E-state index contributed by atoms with van der Waals surface area (Å²) >= 11 is 6.86. The summed E-state index contributed by atoms with van der Waals surface area (Å²) in [6.45, 7) is 10.9. The van der Waals surface area contributed by atoms with Crippen molar-refractivity contribution in [3.8, 4) is 17.3 Å². The Hall–Kier alpha value is -3.64. The molecule has 1 unspecified atom stereocenters. The zero-order valence-electron chi connectivity index (χ0n) is 30.6. The molecule has 2 saturated heterocycles. The number of alkyl halides is 1. The molecular formula is C38H51ClFN5O6. The van der Waals surface area contributed by atoms with Crippen molar-refractivity contribution in [2.75, 3.05) is 31.7 Å². The summed E-state index contributed by atoms with van der Waals surface area (Å²) in [5, 5.41) is 3.36. The molecule has 278 valence electrons. The lowest BCUT2D eigenvalue weighted by molar-refractivity contribution is -0.178. The highest BCUT2D eigenvalue weighted by atomic mass is 35.5. The van der Waals surface area contributed by atoms with Gasteiger partial charge >= 0.3 is 18.1 Å². The van der Waals surface area contributed by atoms with Gasteiger partial charge in [0.25, 0.3) is 0 Å². The number of rotatable bonds is 8. The van der Waals surface area contributed by atoms with Gasteiger partial charge in [-0.15, -0.1) is 0 Å². The molecule has 3 aromatic rings. The number of alkyl carbamates (subject to hydrolysis) is 1. The Kier molecular flexibility index (Phi) is 10.8. The van der Waals surface area contributed by atoms with Crippen molar-refractivity contribution in [3.05, 3.63) is 35.4 Å². The van der Waals surface area contributed by atoms with E-state index in [-0.39, 0.29) is 31.2 Å². The maximum absolute atomic E-state index is 16.4. The van der Waals surface area contributed by atoms with Gasteiger partial charge in [0.2, 0.25) is 0 Å². The van der Waals surface area contributed by atoms with Gasteiger partial charge in [0.05, 0.1) is 23.2 Å². The van der Waals surface area contributed by atoms with Crippen LogP contribution in [0, 0.1) is 5.41 Å². The first-order valence-corrected chi connectivity index (χ1v) is 18.5.